The molecule has 0 radical (unpaired) electrons. The molecule has 0 unspecified atom stereocenters. The zero-order valence-corrected chi connectivity index (χ0v) is 44.5. The van der Waals surface area contributed by atoms with Gasteiger partial charge in [0.15, 0.2) is 5.96 Å². The Hall–Kier alpha value is -6.32. The molecular weight excluding hydrogens is 925 g/mol. The van der Waals surface area contributed by atoms with Crippen molar-refractivity contribution in [2.45, 2.75) is 176 Å². The zero-order valence-electron chi connectivity index (χ0n) is 44.5. The number of nitrogens with zero attached hydrogens (tertiary/aromatic N) is 1. The van der Waals surface area contributed by atoms with Crippen LogP contribution in [0.4, 0.5) is 0 Å². The summed E-state index contributed by atoms with van der Waals surface area (Å²) in [6.07, 6.45) is 2.19. The first-order valence-electron chi connectivity index (χ1n) is 25.2. The summed E-state index contributed by atoms with van der Waals surface area (Å²) in [5, 5.41) is 29.9. The van der Waals surface area contributed by atoms with Crippen molar-refractivity contribution >= 4 is 59.1 Å². The summed E-state index contributed by atoms with van der Waals surface area (Å²) < 4.78 is 0. The van der Waals surface area contributed by atoms with Crippen LogP contribution in [0.15, 0.2) is 29.3 Å². The standard InChI is InChI=1S/C50H88N14O8/c1-27(2)23-37(61-46(69)38(24-28(3)4)62-47(70)39(25-29(5)6)63-48(71)40(30(7)8)58-32(11)65)45(68)59-36(16-14-22-56-50(54)55)44(67)64-41(31(9)10)49(72)60-35(15-12-13-21-51)43(66)57-26-33-17-19-34(20-18-33)42(52)53/h17-20,27-31,35-41H,12-16,21-26,51H2,1-11H3,(H3,52,53)(H,57,66)(H,58,65)(H,59,68)(H,60,72)(H,61,69)(H,62,70)(H,63,71)(H,64,67)(H4,54,55,56)/t35-,36-,37-,38-,39-,40-,41-/m0/s1. The Bertz CT molecular complexity index is 1970. The summed E-state index contributed by atoms with van der Waals surface area (Å²) in [6.45, 7) is 20.1. The molecule has 1 aromatic rings. The molecule has 7 atom stereocenters. The lowest BCUT2D eigenvalue weighted by Crippen LogP contribution is -2.61. The number of benzene rings is 1. The van der Waals surface area contributed by atoms with Crippen LogP contribution in [0.3, 0.4) is 0 Å². The van der Waals surface area contributed by atoms with Crippen LogP contribution >= 0.6 is 0 Å². The second kappa shape index (κ2) is 32.6. The number of nitrogens with two attached hydrogens (primary N) is 4. The van der Waals surface area contributed by atoms with Gasteiger partial charge in [-0.1, -0.05) is 93.5 Å². The van der Waals surface area contributed by atoms with Gasteiger partial charge in [-0.2, -0.15) is 0 Å². The number of unbranched alkanes of at least 4 members (excludes halogenated alkanes) is 1. The Balaban J connectivity index is 3.45. The molecule has 0 heterocycles. The molecule has 1 rings (SSSR count). The number of hydrogen-bond donors (Lipinski definition) is 13. The molecule has 22 heteroatoms. The largest absolute Gasteiger partial charge is 0.384 e. The van der Waals surface area contributed by atoms with Gasteiger partial charge in [0.2, 0.25) is 47.3 Å². The molecule has 17 N–H and O–H groups in total. The highest BCUT2D eigenvalue weighted by atomic mass is 16.2. The van der Waals surface area contributed by atoms with Crippen molar-refractivity contribution in [3.8, 4) is 0 Å². The average Bonchev–Trinajstić information content (AvgIpc) is 3.28. The molecule has 0 bridgehead atoms. The van der Waals surface area contributed by atoms with E-state index in [9.17, 15) is 38.4 Å². The van der Waals surface area contributed by atoms with Crippen molar-refractivity contribution in [2.75, 3.05) is 13.1 Å². The van der Waals surface area contributed by atoms with Crippen molar-refractivity contribution in [1.82, 2.24) is 42.5 Å². The molecule has 22 nitrogen and oxygen atoms in total. The summed E-state index contributed by atoms with van der Waals surface area (Å²) in [7, 11) is 0. The number of rotatable bonds is 33. The Kier molecular flexibility index (Phi) is 28.9. The van der Waals surface area contributed by atoms with Crippen LogP contribution in [-0.4, -0.2) is 114 Å². The third-order valence-corrected chi connectivity index (χ3v) is 11.5. The van der Waals surface area contributed by atoms with Crippen LogP contribution in [0.2, 0.25) is 0 Å². The van der Waals surface area contributed by atoms with E-state index >= 15 is 0 Å². The zero-order chi connectivity index (χ0) is 54.8. The first-order valence-corrected chi connectivity index (χ1v) is 25.2. The summed E-state index contributed by atoms with van der Waals surface area (Å²) in [6, 6.07) is -0.863. The average molecular weight is 1010 g/mol. The second-order valence-corrected chi connectivity index (χ2v) is 20.4. The van der Waals surface area contributed by atoms with Crippen LogP contribution in [-0.2, 0) is 44.9 Å². The summed E-state index contributed by atoms with van der Waals surface area (Å²) in [4.78, 5) is 114. The minimum atomic E-state index is -1.25. The highest BCUT2D eigenvalue weighted by molar-refractivity contribution is 5.98. The van der Waals surface area contributed by atoms with E-state index in [1.54, 1.807) is 52.0 Å². The van der Waals surface area contributed by atoms with Crippen LogP contribution in [0.25, 0.3) is 0 Å². The number of carbonyl (C=O) groups excluding carboxylic acids is 8. The van der Waals surface area contributed by atoms with Crippen LogP contribution < -0.4 is 65.5 Å². The van der Waals surface area contributed by atoms with E-state index in [1.807, 2.05) is 41.5 Å². The number of carbonyl (C=O) groups is 8. The molecule has 0 aliphatic heterocycles. The topological polar surface area (TPSA) is 373 Å². The summed E-state index contributed by atoms with van der Waals surface area (Å²) in [5.41, 5.74) is 23.7. The normalized spacial score (nSPS) is 14.2. The van der Waals surface area contributed by atoms with Crippen molar-refractivity contribution in [1.29, 1.82) is 5.41 Å². The fourth-order valence-electron chi connectivity index (χ4n) is 7.64. The molecule has 0 aliphatic carbocycles. The van der Waals surface area contributed by atoms with Gasteiger partial charge in [0, 0.05) is 25.6 Å². The van der Waals surface area contributed by atoms with Gasteiger partial charge in [-0.15, -0.1) is 0 Å². The number of nitrogens with one attached hydrogen (secondary N) is 9. The van der Waals surface area contributed by atoms with Crippen LogP contribution in [0.1, 0.15) is 139 Å². The van der Waals surface area contributed by atoms with Crippen LogP contribution in [0, 0.1) is 35.0 Å². The van der Waals surface area contributed by atoms with Crippen molar-refractivity contribution in [3.05, 3.63) is 35.4 Å². The lowest BCUT2D eigenvalue weighted by atomic mass is 9.97. The Labute approximate surface area is 426 Å². The number of amidine groups is 1. The van der Waals surface area contributed by atoms with E-state index in [0.717, 1.165) is 5.56 Å². The van der Waals surface area contributed by atoms with E-state index in [1.165, 1.54) is 6.92 Å². The smallest absolute Gasteiger partial charge is 0.243 e. The van der Waals surface area contributed by atoms with Gasteiger partial charge in [-0.25, -0.2) is 0 Å². The first-order chi connectivity index (χ1) is 33.7. The molecule has 0 saturated heterocycles. The SMILES string of the molecule is CC(=O)N[C@H](C(=O)N[C@@H](CC(C)C)C(=O)N[C@@H](CC(C)C)C(=O)N[C@@H](CC(C)C)C(=O)N[C@@H](CCCN=C(N)N)C(=O)N[C@H](C(=O)N[C@@H](CCCCN)C(=O)NCc1ccc(C(=N)N)cc1)C(C)C)C(C)C. The molecular formula is C50H88N14O8. The lowest BCUT2D eigenvalue weighted by molar-refractivity contribution is -0.136. The maximum atomic E-state index is 14.3. The molecule has 1 aromatic carbocycles. The Morgan fingerprint density at radius 2 is 0.903 bits per heavy atom. The maximum absolute atomic E-state index is 14.3. The monoisotopic (exact) mass is 1010 g/mol. The minimum absolute atomic E-state index is 0.0231. The van der Waals surface area contributed by atoms with Gasteiger partial charge >= 0.3 is 0 Å². The highest BCUT2D eigenvalue weighted by Gasteiger charge is 2.35. The molecule has 72 heavy (non-hydrogen) atoms. The molecule has 0 aromatic heterocycles. The molecule has 0 aliphatic rings. The summed E-state index contributed by atoms with van der Waals surface area (Å²) in [5.74, 6) is -6.03. The number of aliphatic imine (C=N–C) groups is 1. The molecule has 0 saturated carbocycles. The third-order valence-electron chi connectivity index (χ3n) is 11.5. The minimum Gasteiger partial charge on any atom is -0.384 e. The predicted octanol–water partition coefficient (Wildman–Crippen LogP) is 0.633. The van der Waals surface area contributed by atoms with Gasteiger partial charge in [0.05, 0.1) is 0 Å². The fourth-order valence-corrected chi connectivity index (χ4v) is 7.64. The van der Waals surface area contributed by atoms with Crippen molar-refractivity contribution in [3.63, 3.8) is 0 Å². The van der Waals surface area contributed by atoms with Crippen molar-refractivity contribution < 1.29 is 38.4 Å². The van der Waals surface area contributed by atoms with Gasteiger partial charge < -0.3 is 65.5 Å². The van der Waals surface area contributed by atoms with E-state index in [-0.39, 0.29) is 87.1 Å². The maximum Gasteiger partial charge on any atom is 0.243 e. The van der Waals surface area contributed by atoms with E-state index < -0.39 is 95.5 Å². The molecule has 406 valence electrons. The second-order valence-electron chi connectivity index (χ2n) is 20.4. The summed E-state index contributed by atoms with van der Waals surface area (Å²) >= 11 is 0. The number of nitrogen functional groups attached to an aromatic ring is 1. The quantitative estimate of drug-likeness (QED) is 0.0262. The molecule has 0 fully saturated rings. The first kappa shape index (κ1) is 63.7. The lowest BCUT2D eigenvalue weighted by Gasteiger charge is -2.30. The number of hydrogen-bond acceptors (Lipinski definition) is 11. The Morgan fingerprint density at radius 1 is 0.514 bits per heavy atom. The third kappa shape index (κ3) is 24.7. The predicted molar refractivity (Wildman–Crippen MR) is 279 cm³/mol. The Morgan fingerprint density at radius 3 is 1.31 bits per heavy atom. The molecule has 0 spiro atoms. The van der Waals surface area contributed by atoms with Gasteiger partial charge in [0.1, 0.15) is 48.1 Å². The highest BCUT2D eigenvalue weighted by Crippen LogP contribution is 2.14. The van der Waals surface area contributed by atoms with Gasteiger partial charge in [-0.3, -0.25) is 48.8 Å². The van der Waals surface area contributed by atoms with Gasteiger partial charge in [-0.05, 0) is 93.1 Å². The van der Waals surface area contributed by atoms with E-state index in [0.29, 0.717) is 24.9 Å². The fraction of sp³-hybridized carbons (Fsp3) is 0.680. The van der Waals surface area contributed by atoms with E-state index in [2.05, 4.69) is 47.5 Å². The number of guanidine groups is 1. The molecule has 8 amide bonds. The number of amides is 8. The van der Waals surface area contributed by atoms with E-state index in [4.69, 9.17) is 28.3 Å². The van der Waals surface area contributed by atoms with Gasteiger partial charge in [0.25, 0.3) is 0 Å². The van der Waals surface area contributed by atoms with Crippen molar-refractivity contribution in [2.24, 2.45) is 57.5 Å². The van der Waals surface area contributed by atoms with Crippen LogP contribution in [0.5, 0.6) is 0 Å².